The molecule has 1 saturated heterocycles. The van der Waals surface area contributed by atoms with Gasteiger partial charge in [0.2, 0.25) is 0 Å². The summed E-state index contributed by atoms with van der Waals surface area (Å²) in [6.45, 7) is 0.833. The molecular weight excluding hydrogens is 276 g/mol. The van der Waals surface area contributed by atoms with Crippen LogP contribution in [-0.4, -0.2) is 24.7 Å². The fourth-order valence-electron chi connectivity index (χ4n) is 3.29. The molecule has 3 N–H and O–H groups in total. The summed E-state index contributed by atoms with van der Waals surface area (Å²) in [5, 5.41) is 3.16. The Kier molecular flexibility index (Phi) is 4.89. The van der Waals surface area contributed by atoms with Crippen molar-refractivity contribution in [3.05, 3.63) is 29.8 Å². The Bertz CT molecular complexity index is 481. The quantitative estimate of drug-likeness (QED) is 0.824. The molecule has 5 heteroatoms. The van der Waals surface area contributed by atoms with Crippen molar-refractivity contribution >= 4 is 24.0 Å². The number of benzene rings is 1. The highest BCUT2D eigenvalue weighted by molar-refractivity contribution is 5.95. The molecule has 0 bridgehead atoms. The fourth-order valence-corrected chi connectivity index (χ4v) is 3.29. The molecule has 2 aliphatic rings. The monoisotopic (exact) mass is 296 g/mol. The predicted octanol–water partition coefficient (Wildman–Crippen LogP) is 2.38. The third-order valence-electron chi connectivity index (χ3n) is 4.25. The second-order valence-corrected chi connectivity index (χ2v) is 5.50. The maximum atomic E-state index is 12.2. The SMILES string of the molecule is Cl.Nc1cccc(C(=O)NC2CCCC3OCCC23)c1. The standard InChI is InChI=1S/C15H20N2O2.ClH/c16-11-4-1-3-10(9-11)15(18)17-13-5-2-6-14-12(13)7-8-19-14;/h1,3-4,9,12-14H,2,5-8,16H2,(H,17,18);1H. The number of ether oxygens (including phenoxy) is 1. The minimum atomic E-state index is -0.0233. The molecule has 2 fully saturated rings. The van der Waals surface area contributed by atoms with Crippen LogP contribution in [0, 0.1) is 5.92 Å². The van der Waals surface area contributed by atoms with Crippen LogP contribution >= 0.6 is 12.4 Å². The third-order valence-corrected chi connectivity index (χ3v) is 4.25. The summed E-state index contributed by atoms with van der Waals surface area (Å²) in [5.74, 6) is 0.462. The molecule has 20 heavy (non-hydrogen) atoms. The van der Waals surface area contributed by atoms with Gasteiger partial charge in [-0.3, -0.25) is 4.79 Å². The number of rotatable bonds is 2. The van der Waals surface area contributed by atoms with E-state index in [1.807, 2.05) is 6.07 Å². The lowest BCUT2D eigenvalue weighted by Gasteiger charge is -2.33. The number of carbonyl (C=O) groups is 1. The summed E-state index contributed by atoms with van der Waals surface area (Å²) in [6, 6.07) is 7.37. The molecule has 4 nitrogen and oxygen atoms in total. The molecule has 110 valence electrons. The number of hydrogen-bond acceptors (Lipinski definition) is 3. The van der Waals surface area contributed by atoms with E-state index in [1.165, 1.54) is 0 Å². The van der Waals surface area contributed by atoms with Crippen molar-refractivity contribution in [2.24, 2.45) is 5.92 Å². The van der Waals surface area contributed by atoms with E-state index in [-0.39, 0.29) is 24.4 Å². The van der Waals surface area contributed by atoms with Crippen molar-refractivity contribution in [3.8, 4) is 0 Å². The molecule has 1 aliphatic carbocycles. The maximum Gasteiger partial charge on any atom is 0.251 e. The summed E-state index contributed by atoms with van der Waals surface area (Å²) in [5.41, 5.74) is 6.98. The van der Waals surface area contributed by atoms with Crippen LogP contribution in [0.2, 0.25) is 0 Å². The Morgan fingerprint density at radius 1 is 1.30 bits per heavy atom. The Morgan fingerprint density at radius 2 is 2.15 bits per heavy atom. The highest BCUT2D eigenvalue weighted by Gasteiger charge is 2.38. The van der Waals surface area contributed by atoms with E-state index < -0.39 is 0 Å². The molecular formula is C15H21ClN2O2. The first-order valence-corrected chi connectivity index (χ1v) is 7.02. The largest absolute Gasteiger partial charge is 0.399 e. The zero-order valence-corrected chi connectivity index (χ0v) is 12.2. The van der Waals surface area contributed by atoms with Gasteiger partial charge in [-0.2, -0.15) is 0 Å². The molecule has 0 radical (unpaired) electrons. The van der Waals surface area contributed by atoms with Gasteiger partial charge in [0, 0.05) is 29.8 Å². The minimum Gasteiger partial charge on any atom is -0.399 e. The highest BCUT2D eigenvalue weighted by atomic mass is 35.5. The third kappa shape index (κ3) is 3.07. The van der Waals surface area contributed by atoms with Gasteiger partial charge in [0.05, 0.1) is 6.10 Å². The Balaban J connectivity index is 0.00000147. The first-order valence-electron chi connectivity index (χ1n) is 7.02. The smallest absolute Gasteiger partial charge is 0.251 e. The number of amides is 1. The fraction of sp³-hybridized carbons (Fsp3) is 0.533. The molecule has 3 unspecified atom stereocenters. The normalized spacial score (nSPS) is 28.3. The number of hydrogen-bond donors (Lipinski definition) is 2. The summed E-state index contributed by atoms with van der Waals surface area (Å²) < 4.78 is 5.72. The molecule has 1 amide bonds. The number of anilines is 1. The first kappa shape index (κ1) is 15.1. The zero-order chi connectivity index (χ0) is 13.2. The minimum absolute atomic E-state index is 0. The number of nitrogens with one attached hydrogen (secondary N) is 1. The van der Waals surface area contributed by atoms with Crippen molar-refractivity contribution in [3.63, 3.8) is 0 Å². The summed E-state index contributed by atoms with van der Waals surface area (Å²) >= 11 is 0. The average molecular weight is 297 g/mol. The molecule has 3 rings (SSSR count). The molecule has 1 saturated carbocycles. The van der Waals surface area contributed by atoms with Crippen LogP contribution < -0.4 is 11.1 Å². The van der Waals surface area contributed by atoms with Gasteiger partial charge in [-0.15, -0.1) is 12.4 Å². The predicted molar refractivity (Wildman–Crippen MR) is 81.1 cm³/mol. The van der Waals surface area contributed by atoms with Gasteiger partial charge >= 0.3 is 0 Å². The van der Waals surface area contributed by atoms with Crippen LogP contribution in [0.25, 0.3) is 0 Å². The van der Waals surface area contributed by atoms with E-state index >= 15 is 0 Å². The number of fused-ring (bicyclic) bond motifs is 1. The van der Waals surface area contributed by atoms with Gasteiger partial charge in [0.25, 0.3) is 5.91 Å². The van der Waals surface area contributed by atoms with Gasteiger partial charge in [0.15, 0.2) is 0 Å². The van der Waals surface area contributed by atoms with Crippen LogP contribution in [0.15, 0.2) is 24.3 Å². The van der Waals surface area contributed by atoms with Gasteiger partial charge in [-0.1, -0.05) is 6.07 Å². The first-order chi connectivity index (χ1) is 9.24. The summed E-state index contributed by atoms with van der Waals surface area (Å²) in [4.78, 5) is 12.2. The zero-order valence-electron chi connectivity index (χ0n) is 11.4. The number of halogens is 1. The lowest BCUT2D eigenvalue weighted by atomic mass is 9.81. The van der Waals surface area contributed by atoms with Gasteiger partial charge < -0.3 is 15.8 Å². The Morgan fingerprint density at radius 3 is 2.95 bits per heavy atom. The molecule has 0 spiro atoms. The molecule has 1 heterocycles. The highest BCUT2D eigenvalue weighted by Crippen LogP contribution is 2.34. The Labute approximate surface area is 125 Å². The molecule has 3 atom stereocenters. The molecule has 1 aromatic carbocycles. The van der Waals surface area contributed by atoms with Gasteiger partial charge in [0.1, 0.15) is 0 Å². The lowest BCUT2D eigenvalue weighted by Crippen LogP contribution is -2.45. The van der Waals surface area contributed by atoms with Crippen molar-refractivity contribution in [2.75, 3.05) is 12.3 Å². The lowest BCUT2D eigenvalue weighted by molar-refractivity contribution is 0.0510. The van der Waals surface area contributed by atoms with Crippen LogP contribution in [0.1, 0.15) is 36.0 Å². The maximum absolute atomic E-state index is 12.2. The van der Waals surface area contributed by atoms with Crippen molar-refractivity contribution < 1.29 is 9.53 Å². The number of carbonyl (C=O) groups excluding carboxylic acids is 1. The van der Waals surface area contributed by atoms with Crippen LogP contribution in [-0.2, 0) is 4.74 Å². The van der Waals surface area contributed by atoms with Gasteiger partial charge in [-0.05, 0) is 43.9 Å². The van der Waals surface area contributed by atoms with E-state index in [0.29, 0.717) is 23.3 Å². The second kappa shape index (κ2) is 6.46. The van der Waals surface area contributed by atoms with Crippen LogP contribution in [0.5, 0.6) is 0 Å². The van der Waals surface area contributed by atoms with E-state index in [4.69, 9.17) is 10.5 Å². The molecule has 1 aromatic rings. The van der Waals surface area contributed by atoms with E-state index in [1.54, 1.807) is 18.2 Å². The van der Waals surface area contributed by atoms with Crippen molar-refractivity contribution in [2.45, 2.75) is 37.8 Å². The van der Waals surface area contributed by atoms with Crippen molar-refractivity contribution in [1.82, 2.24) is 5.32 Å². The second-order valence-electron chi connectivity index (χ2n) is 5.50. The Hall–Kier alpha value is -1.26. The van der Waals surface area contributed by atoms with Crippen LogP contribution in [0.3, 0.4) is 0 Å². The van der Waals surface area contributed by atoms with E-state index in [0.717, 1.165) is 32.3 Å². The molecule has 0 aromatic heterocycles. The van der Waals surface area contributed by atoms with Crippen LogP contribution in [0.4, 0.5) is 5.69 Å². The molecule has 1 aliphatic heterocycles. The van der Waals surface area contributed by atoms with Crippen molar-refractivity contribution in [1.29, 1.82) is 0 Å². The van der Waals surface area contributed by atoms with Gasteiger partial charge in [-0.25, -0.2) is 0 Å². The topological polar surface area (TPSA) is 64.4 Å². The van der Waals surface area contributed by atoms with E-state index in [9.17, 15) is 4.79 Å². The van der Waals surface area contributed by atoms with E-state index in [2.05, 4.69) is 5.32 Å². The average Bonchev–Trinajstić information content (AvgIpc) is 2.88. The number of nitrogens with two attached hydrogens (primary N) is 1. The summed E-state index contributed by atoms with van der Waals surface area (Å²) in [7, 11) is 0. The number of nitrogen functional groups attached to an aromatic ring is 1. The summed E-state index contributed by atoms with van der Waals surface area (Å²) in [6.07, 6.45) is 4.73.